The second-order valence-corrected chi connectivity index (χ2v) is 3.75. The van der Waals surface area contributed by atoms with Gasteiger partial charge in [-0.2, -0.15) is 0 Å². The topological polar surface area (TPSA) is 65.2 Å². The Morgan fingerprint density at radius 1 is 1.67 bits per heavy atom. The molecule has 82 valence electrons. The molecule has 1 rings (SSSR count). The van der Waals surface area contributed by atoms with Crippen molar-refractivity contribution in [3.63, 3.8) is 0 Å². The highest BCUT2D eigenvalue weighted by molar-refractivity contribution is 14.1. The zero-order valence-corrected chi connectivity index (χ0v) is 9.79. The van der Waals surface area contributed by atoms with Gasteiger partial charge in [-0.15, -0.1) is 0 Å². The number of alkyl halides is 2. The summed E-state index contributed by atoms with van der Waals surface area (Å²) in [6.45, 7) is 0. The van der Waals surface area contributed by atoms with Crippen molar-refractivity contribution in [3.05, 3.63) is 20.9 Å². The number of anilines is 1. The van der Waals surface area contributed by atoms with Crippen LogP contribution in [0.25, 0.3) is 0 Å². The summed E-state index contributed by atoms with van der Waals surface area (Å²) in [4.78, 5) is 14.7. The first-order chi connectivity index (χ1) is 6.97. The largest absolute Gasteiger partial charge is 0.464 e. The number of aromatic nitrogens is 1. The van der Waals surface area contributed by atoms with Crippen molar-refractivity contribution in [2.24, 2.45) is 0 Å². The fourth-order valence-corrected chi connectivity index (χ4v) is 1.81. The van der Waals surface area contributed by atoms with Crippen LogP contribution in [0.5, 0.6) is 0 Å². The molecule has 0 saturated heterocycles. The van der Waals surface area contributed by atoms with E-state index in [1.165, 1.54) is 6.07 Å². The fraction of sp³-hybridized carbons (Fsp3) is 0.250. The SMILES string of the molecule is COC(=O)c1nc(N)cc(I)c1C(F)F. The van der Waals surface area contributed by atoms with Crippen molar-refractivity contribution < 1.29 is 18.3 Å². The van der Waals surface area contributed by atoms with Crippen LogP contribution in [0, 0.1) is 3.57 Å². The second-order valence-electron chi connectivity index (χ2n) is 2.58. The van der Waals surface area contributed by atoms with Gasteiger partial charge in [0.1, 0.15) is 5.82 Å². The third kappa shape index (κ3) is 2.52. The lowest BCUT2D eigenvalue weighted by Crippen LogP contribution is -2.12. The molecule has 15 heavy (non-hydrogen) atoms. The Kier molecular flexibility index (Phi) is 3.77. The molecule has 0 radical (unpaired) electrons. The monoisotopic (exact) mass is 328 g/mol. The molecule has 1 aromatic rings. The molecule has 0 aromatic carbocycles. The molecule has 4 nitrogen and oxygen atoms in total. The Morgan fingerprint density at radius 2 is 2.27 bits per heavy atom. The summed E-state index contributed by atoms with van der Waals surface area (Å²) >= 11 is 1.67. The van der Waals surface area contributed by atoms with Crippen LogP contribution in [-0.4, -0.2) is 18.1 Å². The number of rotatable bonds is 2. The Bertz CT molecular complexity index is 398. The number of ether oxygens (including phenoxy) is 1. The molecule has 0 aliphatic heterocycles. The number of hydrogen-bond donors (Lipinski definition) is 1. The molecule has 0 aliphatic rings. The zero-order valence-electron chi connectivity index (χ0n) is 7.63. The number of nitrogen functional groups attached to an aromatic ring is 1. The summed E-state index contributed by atoms with van der Waals surface area (Å²) in [5, 5.41) is 0. The van der Waals surface area contributed by atoms with Gasteiger partial charge in [0.2, 0.25) is 0 Å². The first-order valence-corrected chi connectivity index (χ1v) is 4.87. The molecule has 0 unspecified atom stereocenters. The van der Waals surface area contributed by atoms with Crippen LogP contribution >= 0.6 is 22.6 Å². The standard InChI is InChI=1S/C8H7F2IN2O2/c1-15-8(14)6-5(7(9)10)3(11)2-4(12)13-6/h2,7H,1H3,(H2,12,13). The Labute approximate surface area is 98.0 Å². The molecule has 0 atom stereocenters. The van der Waals surface area contributed by atoms with E-state index in [0.717, 1.165) is 7.11 Å². The molecular weight excluding hydrogens is 321 g/mol. The predicted molar refractivity (Wildman–Crippen MR) is 57.7 cm³/mol. The van der Waals surface area contributed by atoms with Gasteiger partial charge >= 0.3 is 5.97 Å². The maximum atomic E-state index is 12.6. The average molecular weight is 328 g/mol. The van der Waals surface area contributed by atoms with E-state index in [0.29, 0.717) is 0 Å². The highest BCUT2D eigenvalue weighted by Crippen LogP contribution is 2.28. The van der Waals surface area contributed by atoms with E-state index in [-0.39, 0.29) is 9.39 Å². The number of methoxy groups -OCH3 is 1. The van der Waals surface area contributed by atoms with Crippen LogP contribution in [0.3, 0.4) is 0 Å². The van der Waals surface area contributed by atoms with Gasteiger partial charge in [0.05, 0.1) is 12.7 Å². The van der Waals surface area contributed by atoms with Gasteiger partial charge in [-0.1, -0.05) is 0 Å². The van der Waals surface area contributed by atoms with Crippen molar-refractivity contribution in [1.82, 2.24) is 4.98 Å². The minimum atomic E-state index is -2.79. The van der Waals surface area contributed by atoms with Gasteiger partial charge in [-0.25, -0.2) is 18.6 Å². The lowest BCUT2D eigenvalue weighted by atomic mass is 10.2. The molecular formula is C8H7F2IN2O2. The summed E-state index contributed by atoms with van der Waals surface area (Å²) in [5.41, 5.74) is 4.47. The van der Waals surface area contributed by atoms with Gasteiger partial charge in [-0.3, -0.25) is 0 Å². The Balaban J connectivity index is 3.40. The minimum absolute atomic E-state index is 0.00389. The van der Waals surface area contributed by atoms with E-state index in [1.54, 1.807) is 22.6 Å². The molecule has 0 saturated carbocycles. The number of pyridine rings is 1. The molecule has 0 bridgehead atoms. The molecule has 1 aromatic heterocycles. The van der Waals surface area contributed by atoms with E-state index in [2.05, 4.69) is 9.72 Å². The van der Waals surface area contributed by atoms with Crippen LogP contribution in [0.4, 0.5) is 14.6 Å². The molecule has 0 fully saturated rings. The van der Waals surface area contributed by atoms with Crippen LogP contribution < -0.4 is 5.73 Å². The smallest absolute Gasteiger partial charge is 0.357 e. The van der Waals surface area contributed by atoms with Crippen molar-refractivity contribution in [3.8, 4) is 0 Å². The van der Waals surface area contributed by atoms with E-state index in [9.17, 15) is 13.6 Å². The van der Waals surface area contributed by atoms with Crippen molar-refractivity contribution in [1.29, 1.82) is 0 Å². The molecule has 7 heteroatoms. The van der Waals surface area contributed by atoms with Gasteiger partial charge in [0.25, 0.3) is 6.43 Å². The number of esters is 1. The van der Waals surface area contributed by atoms with Crippen molar-refractivity contribution >= 4 is 34.4 Å². The number of halogens is 3. The third-order valence-corrected chi connectivity index (χ3v) is 2.52. The number of nitrogens with two attached hydrogens (primary N) is 1. The summed E-state index contributed by atoms with van der Waals surface area (Å²) in [7, 11) is 1.09. The van der Waals surface area contributed by atoms with E-state index in [4.69, 9.17) is 5.73 Å². The lowest BCUT2D eigenvalue weighted by molar-refractivity contribution is 0.0581. The van der Waals surface area contributed by atoms with Gasteiger partial charge in [0.15, 0.2) is 5.69 Å². The minimum Gasteiger partial charge on any atom is -0.464 e. The quantitative estimate of drug-likeness (QED) is 0.666. The second kappa shape index (κ2) is 4.69. The Morgan fingerprint density at radius 3 is 2.73 bits per heavy atom. The van der Waals surface area contributed by atoms with E-state index in [1.807, 2.05) is 0 Å². The van der Waals surface area contributed by atoms with Crippen molar-refractivity contribution in [2.45, 2.75) is 6.43 Å². The van der Waals surface area contributed by atoms with Crippen LogP contribution in [-0.2, 0) is 4.74 Å². The van der Waals surface area contributed by atoms with Gasteiger partial charge in [-0.05, 0) is 28.7 Å². The summed E-state index contributed by atoms with van der Waals surface area (Å²) in [6, 6.07) is 1.27. The molecule has 2 N–H and O–H groups in total. The molecule has 0 amide bonds. The van der Waals surface area contributed by atoms with Crippen LogP contribution in [0.2, 0.25) is 0 Å². The number of carbonyl (C=O) groups excluding carboxylic acids is 1. The van der Waals surface area contributed by atoms with E-state index < -0.39 is 23.7 Å². The normalized spacial score (nSPS) is 10.5. The van der Waals surface area contributed by atoms with Crippen molar-refractivity contribution in [2.75, 3.05) is 12.8 Å². The summed E-state index contributed by atoms with van der Waals surface area (Å²) in [5.74, 6) is -0.917. The zero-order chi connectivity index (χ0) is 11.6. The highest BCUT2D eigenvalue weighted by Gasteiger charge is 2.24. The fourth-order valence-electron chi connectivity index (χ4n) is 1.00. The molecule has 0 spiro atoms. The van der Waals surface area contributed by atoms with Crippen LogP contribution in [0.15, 0.2) is 6.07 Å². The molecule has 0 aliphatic carbocycles. The highest BCUT2D eigenvalue weighted by atomic mass is 127. The maximum absolute atomic E-state index is 12.6. The number of hydrogen-bond acceptors (Lipinski definition) is 4. The first kappa shape index (κ1) is 12.1. The van der Waals surface area contributed by atoms with Gasteiger partial charge in [0, 0.05) is 3.57 Å². The summed E-state index contributed by atoms with van der Waals surface area (Å²) < 4.78 is 29.8. The maximum Gasteiger partial charge on any atom is 0.357 e. The summed E-state index contributed by atoms with van der Waals surface area (Å²) in [6.07, 6.45) is -2.79. The molecule has 1 heterocycles. The average Bonchev–Trinajstić information content (AvgIpc) is 2.14. The van der Waals surface area contributed by atoms with Gasteiger partial charge < -0.3 is 10.5 Å². The predicted octanol–water partition coefficient (Wildman–Crippen LogP) is 1.99. The first-order valence-electron chi connectivity index (χ1n) is 3.79. The van der Waals surface area contributed by atoms with E-state index >= 15 is 0 Å². The Hall–Kier alpha value is -0.990. The lowest BCUT2D eigenvalue weighted by Gasteiger charge is -2.09. The number of nitrogens with zero attached hydrogens (tertiary/aromatic N) is 1. The third-order valence-electron chi connectivity index (χ3n) is 1.62. The van der Waals surface area contributed by atoms with Crippen LogP contribution in [0.1, 0.15) is 22.5 Å². The number of carbonyl (C=O) groups is 1.